The van der Waals surface area contributed by atoms with Crippen molar-refractivity contribution in [2.75, 3.05) is 13.1 Å². The zero-order valence-electron chi connectivity index (χ0n) is 12.8. The van der Waals surface area contributed by atoms with Gasteiger partial charge in [-0.15, -0.1) is 0 Å². The van der Waals surface area contributed by atoms with Crippen molar-refractivity contribution < 1.29 is 9.53 Å². The first kappa shape index (κ1) is 16.1. The van der Waals surface area contributed by atoms with Crippen LogP contribution in [0.3, 0.4) is 0 Å². The third-order valence-electron chi connectivity index (χ3n) is 3.87. The van der Waals surface area contributed by atoms with E-state index in [9.17, 15) is 4.79 Å². The number of ether oxygens (including phenoxy) is 1. The summed E-state index contributed by atoms with van der Waals surface area (Å²) in [5, 5.41) is 6.92. The Hall–Kier alpha value is -1.26. The number of hydrogen-bond donors (Lipinski definition) is 2. The van der Waals surface area contributed by atoms with Crippen LogP contribution in [0.15, 0.2) is 18.2 Å². The molecular formula is C16H23ClN2O2. The van der Waals surface area contributed by atoms with Crippen LogP contribution in [0, 0.1) is 12.8 Å². The first-order chi connectivity index (χ1) is 9.97. The van der Waals surface area contributed by atoms with Crippen LogP contribution in [0.1, 0.15) is 25.8 Å². The average molecular weight is 311 g/mol. The predicted molar refractivity (Wildman–Crippen MR) is 84.9 cm³/mol. The maximum Gasteiger partial charge on any atom is 0.261 e. The van der Waals surface area contributed by atoms with Crippen molar-refractivity contribution in [3.8, 4) is 5.75 Å². The fourth-order valence-electron chi connectivity index (χ4n) is 2.47. The van der Waals surface area contributed by atoms with Gasteiger partial charge in [0.25, 0.3) is 5.91 Å². The molecule has 0 saturated carbocycles. The molecule has 1 saturated heterocycles. The Morgan fingerprint density at radius 1 is 1.52 bits per heavy atom. The summed E-state index contributed by atoms with van der Waals surface area (Å²) in [6.45, 7) is 7.72. The van der Waals surface area contributed by atoms with E-state index in [1.807, 2.05) is 19.1 Å². The normalized spacial score (nSPS) is 23.4. The van der Waals surface area contributed by atoms with Crippen LogP contribution in [0.2, 0.25) is 5.02 Å². The molecule has 21 heavy (non-hydrogen) atoms. The molecule has 1 aliphatic heterocycles. The minimum atomic E-state index is -0.564. The van der Waals surface area contributed by atoms with Crippen molar-refractivity contribution in [2.24, 2.45) is 5.92 Å². The number of hydrogen-bond acceptors (Lipinski definition) is 3. The highest BCUT2D eigenvalue weighted by atomic mass is 35.5. The van der Waals surface area contributed by atoms with Crippen LogP contribution in [0.5, 0.6) is 5.75 Å². The Morgan fingerprint density at radius 2 is 2.29 bits per heavy atom. The average Bonchev–Trinajstić information content (AvgIpc) is 2.45. The molecule has 116 valence electrons. The van der Waals surface area contributed by atoms with Crippen LogP contribution < -0.4 is 15.4 Å². The van der Waals surface area contributed by atoms with Crippen LogP contribution in [-0.2, 0) is 4.79 Å². The molecule has 4 nitrogen and oxygen atoms in total. The van der Waals surface area contributed by atoms with Gasteiger partial charge in [-0.05, 0) is 57.0 Å². The number of halogens is 1. The van der Waals surface area contributed by atoms with Gasteiger partial charge in [0.15, 0.2) is 6.10 Å². The molecular weight excluding hydrogens is 288 g/mol. The lowest BCUT2D eigenvalue weighted by molar-refractivity contribution is -0.128. The summed E-state index contributed by atoms with van der Waals surface area (Å²) < 4.78 is 5.70. The molecule has 0 spiro atoms. The van der Waals surface area contributed by atoms with Crippen molar-refractivity contribution >= 4 is 17.5 Å². The van der Waals surface area contributed by atoms with Crippen molar-refractivity contribution in [3.05, 3.63) is 28.8 Å². The number of nitrogens with one attached hydrogen (secondary N) is 2. The van der Waals surface area contributed by atoms with E-state index >= 15 is 0 Å². The first-order valence-electron chi connectivity index (χ1n) is 7.41. The second-order valence-corrected chi connectivity index (χ2v) is 6.19. The van der Waals surface area contributed by atoms with Crippen LogP contribution in [0.25, 0.3) is 0 Å². The van der Waals surface area contributed by atoms with E-state index in [1.165, 1.54) is 0 Å². The lowest BCUT2D eigenvalue weighted by atomic mass is 9.95. The van der Waals surface area contributed by atoms with Crippen molar-refractivity contribution in [1.82, 2.24) is 10.6 Å². The summed E-state index contributed by atoms with van der Waals surface area (Å²) in [7, 11) is 0. The second kappa shape index (κ2) is 7.14. The standard InChI is InChI=1S/C16H23ClN2O2/c1-10-4-5-13(17)15(8-10)21-12(3)16(20)19-14-6-7-18-9-11(14)2/h4-5,8,11-12,14,18H,6-7,9H2,1-3H3,(H,19,20). The van der Waals surface area contributed by atoms with Gasteiger partial charge in [0.05, 0.1) is 5.02 Å². The lowest BCUT2D eigenvalue weighted by Crippen LogP contribution is -2.51. The first-order valence-corrected chi connectivity index (χ1v) is 7.79. The Morgan fingerprint density at radius 3 is 3.00 bits per heavy atom. The van der Waals surface area contributed by atoms with E-state index in [0.717, 1.165) is 25.1 Å². The maximum atomic E-state index is 12.3. The molecule has 0 aromatic heterocycles. The molecule has 0 radical (unpaired) electrons. The van der Waals surface area contributed by atoms with Gasteiger partial charge in [0, 0.05) is 6.04 Å². The summed E-state index contributed by atoms with van der Waals surface area (Å²) >= 11 is 6.10. The zero-order valence-corrected chi connectivity index (χ0v) is 13.5. The second-order valence-electron chi connectivity index (χ2n) is 5.78. The van der Waals surface area contributed by atoms with Gasteiger partial charge in [-0.25, -0.2) is 0 Å². The van der Waals surface area contributed by atoms with Crippen molar-refractivity contribution in [3.63, 3.8) is 0 Å². The summed E-state index contributed by atoms with van der Waals surface area (Å²) in [6, 6.07) is 5.75. The topological polar surface area (TPSA) is 50.4 Å². The molecule has 0 aliphatic carbocycles. The maximum absolute atomic E-state index is 12.3. The highest BCUT2D eigenvalue weighted by Crippen LogP contribution is 2.26. The molecule has 2 N–H and O–H groups in total. The number of benzene rings is 1. The monoisotopic (exact) mass is 310 g/mol. The van der Waals surface area contributed by atoms with Gasteiger partial charge < -0.3 is 15.4 Å². The number of aryl methyl sites for hydroxylation is 1. The van der Waals surface area contributed by atoms with Gasteiger partial charge in [-0.2, -0.15) is 0 Å². The Labute approximate surface area is 131 Å². The number of piperidine rings is 1. The zero-order chi connectivity index (χ0) is 15.4. The van der Waals surface area contributed by atoms with E-state index < -0.39 is 6.10 Å². The van der Waals surface area contributed by atoms with Crippen LogP contribution >= 0.6 is 11.6 Å². The van der Waals surface area contributed by atoms with E-state index in [2.05, 4.69) is 17.6 Å². The molecule has 1 aliphatic rings. The number of amides is 1. The molecule has 1 aromatic rings. The number of carbonyl (C=O) groups is 1. The van der Waals surface area contributed by atoms with Crippen molar-refractivity contribution in [2.45, 2.75) is 39.3 Å². The molecule has 3 unspecified atom stereocenters. The Kier molecular flexibility index (Phi) is 5.48. The Balaban J connectivity index is 1.94. The highest BCUT2D eigenvalue weighted by molar-refractivity contribution is 6.32. The summed E-state index contributed by atoms with van der Waals surface area (Å²) in [4.78, 5) is 12.3. The van der Waals surface area contributed by atoms with Gasteiger partial charge in [-0.3, -0.25) is 4.79 Å². The summed E-state index contributed by atoms with van der Waals surface area (Å²) in [5.41, 5.74) is 1.05. The largest absolute Gasteiger partial charge is 0.479 e. The van der Waals surface area contributed by atoms with Gasteiger partial charge >= 0.3 is 0 Å². The van der Waals surface area contributed by atoms with Crippen LogP contribution in [0.4, 0.5) is 0 Å². The quantitative estimate of drug-likeness (QED) is 0.898. The summed E-state index contributed by atoms with van der Waals surface area (Å²) in [6.07, 6.45) is 0.386. The third-order valence-corrected chi connectivity index (χ3v) is 4.18. The molecule has 1 amide bonds. The fourth-order valence-corrected chi connectivity index (χ4v) is 2.64. The van der Waals surface area contributed by atoms with E-state index in [4.69, 9.17) is 16.3 Å². The number of rotatable bonds is 4. The SMILES string of the molecule is Cc1ccc(Cl)c(OC(C)C(=O)NC2CCNCC2C)c1. The number of carbonyl (C=O) groups excluding carboxylic acids is 1. The minimum Gasteiger partial charge on any atom is -0.479 e. The molecule has 1 fully saturated rings. The third kappa shape index (κ3) is 4.35. The van der Waals surface area contributed by atoms with Gasteiger partial charge in [-0.1, -0.05) is 24.6 Å². The Bertz CT molecular complexity index is 507. The fraction of sp³-hybridized carbons (Fsp3) is 0.562. The van der Waals surface area contributed by atoms with E-state index in [0.29, 0.717) is 16.7 Å². The summed E-state index contributed by atoms with van der Waals surface area (Å²) in [5.74, 6) is 0.890. The predicted octanol–water partition coefficient (Wildman–Crippen LogP) is 2.53. The molecule has 1 heterocycles. The highest BCUT2D eigenvalue weighted by Gasteiger charge is 2.25. The molecule has 1 aromatic carbocycles. The molecule has 5 heteroatoms. The van der Waals surface area contributed by atoms with E-state index in [-0.39, 0.29) is 11.9 Å². The van der Waals surface area contributed by atoms with Crippen molar-refractivity contribution in [1.29, 1.82) is 0 Å². The van der Waals surface area contributed by atoms with E-state index in [1.54, 1.807) is 13.0 Å². The smallest absolute Gasteiger partial charge is 0.261 e. The lowest BCUT2D eigenvalue weighted by Gasteiger charge is -2.31. The molecule has 3 atom stereocenters. The van der Waals surface area contributed by atoms with Gasteiger partial charge in [0.1, 0.15) is 5.75 Å². The van der Waals surface area contributed by atoms with Crippen LogP contribution in [-0.4, -0.2) is 31.1 Å². The van der Waals surface area contributed by atoms with Gasteiger partial charge in [0.2, 0.25) is 0 Å². The minimum absolute atomic E-state index is 0.0914. The molecule has 0 bridgehead atoms. The molecule has 2 rings (SSSR count).